The first-order valence-electron chi connectivity index (χ1n) is 6.73. The van der Waals surface area contributed by atoms with Gasteiger partial charge in [0.05, 0.1) is 5.69 Å². The van der Waals surface area contributed by atoms with E-state index in [1.165, 1.54) is 19.0 Å². The zero-order valence-corrected chi connectivity index (χ0v) is 10.8. The molecule has 1 saturated carbocycles. The van der Waals surface area contributed by atoms with E-state index < -0.39 is 5.95 Å². The highest BCUT2D eigenvalue weighted by Gasteiger charge is 2.28. The molecule has 1 fully saturated rings. The number of hydrogen-bond donors (Lipinski definition) is 1. The number of fused-ring (bicyclic) bond motifs is 1. The van der Waals surface area contributed by atoms with Gasteiger partial charge in [0.1, 0.15) is 12.0 Å². The van der Waals surface area contributed by atoms with Gasteiger partial charge in [0.2, 0.25) is 5.95 Å². The zero-order valence-electron chi connectivity index (χ0n) is 10.8. The van der Waals surface area contributed by atoms with Crippen LogP contribution in [0.1, 0.15) is 35.6 Å². The SMILES string of the molecule is Fc1ncccc1Cc1c[nH]c2ncnc(C3CC3)c12. The molecule has 1 N–H and O–H groups in total. The molecule has 0 bridgehead atoms. The van der Waals surface area contributed by atoms with Crippen molar-refractivity contribution in [2.24, 2.45) is 0 Å². The molecule has 0 amide bonds. The van der Waals surface area contributed by atoms with Gasteiger partial charge in [0, 0.05) is 35.7 Å². The number of pyridine rings is 1. The van der Waals surface area contributed by atoms with Gasteiger partial charge in [-0.05, 0) is 24.5 Å². The standard InChI is InChI=1S/C15H13FN4/c16-14-10(2-1-5-17-14)6-11-7-18-15-12(11)13(9-3-4-9)19-8-20-15/h1-2,5,7-9H,3-4,6H2,(H,18,19,20). The highest BCUT2D eigenvalue weighted by Crippen LogP contribution is 2.42. The van der Waals surface area contributed by atoms with Gasteiger partial charge in [0.25, 0.3) is 0 Å². The van der Waals surface area contributed by atoms with Gasteiger partial charge in [-0.25, -0.2) is 15.0 Å². The van der Waals surface area contributed by atoms with Crippen molar-refractivity contribution in [2.45, 2.75) is 25.2 Å². The van der Waals surface area contributed by atoms with Crippen molar-refractivity contribution in [2.75, 3.05) is 0 Å². The molecule has 3 heterocycles. The molecule has 0 radical (unpaired) electrons. The summed E-state index contributed by atoms with van der Waals surface area (Å²) in [5.74, 6) is 0.125. The van der Waals surface area contributed by atoms with Crippen molar-refractivity contribution in [3.05, 3.63) is 53.6 Å². The third kappa shape index (κ3) is 1.86. The summed E-state index contributed by atoms with van der Waals surface area (Å²) >= 11 is 0. The van der Waals surface area contributed by atoms with E-state index in [0.29, 0.717) is 17.9 Å². The molecule has 20 heavy (non-hydrogen) atoms. The van der Waals surface area contributed by atoms with Crippen LogP contribution >= 0.6 is 0 Å². The predicted octanol–water partition coefficient (Wildman–Crippen LogP) is 2.96. The van der Waals surface area contributed by atoms with E-state index in [4.69, 9.17) is 0 Å². The Hall–Kier alpha value is -2.30. The third-order valence-corrected chi connectivity index (χ3v) is 3.76. The minimum absolute atomic E-state index is 0.410. The molecule has 0 unspecified atom stereocenters. The smallest absolute Gasteiger partial charge is 0.216 e. The lowest BCUT2D eigenvalue weighted by Gasteiger charge is -2.04. The van der Waals surface area contributed by atoms with Crippen LogP contribution in [0.15, 0.2) is 30.9 Å². The van der Waals surface area contributed by atoms with Gasteiger partial charge >= 0.3 is 0 Å². The molecule has 5 heteroatoms. The summed E-state index contributed by atoms with van der Waals surface area (Å²) in [6.07, 6.45) is 7.83. The average Bonchev–Trinajstić information content (AvgIpc) is 3.23. The number of aromatic nitrogens is 4. The Bertz CT molecular complexity index is 776. The molecule has 1 aliphatic rings. The summed E-state index contributed by atoms with van der Waals surface area (Å²) in [5.41, 5.74) is 3.56. The first-order valence-corrected chi connectivity index (χ1v) is 6.73. The lowest BCUT2D eigenvalue weighted by Crippen LogP contribution is -1.96. The maximum atomic E-state index is 13.7. The first kappa shape index (κ1) is 11.5. The molecule has 0 atom stereocenters. The summed E-state index contributed by atoms with van der Waals surface area (Å²) in [7, 11) is 0. The molecule has 0 spiro atoms. The van der Waals surface area contributed by atoms with E-state index in [9.17, 15) is 4.39 Å². The Morgan fingerprint density at radius 2 is 2.10 bits per heavy atom. The Morgan fingerprint density at radius 1 is 1.20 bits per heavy atom. The van der Waals surface area contributed by atoms with E-state index in [1.54, 1.807) is 18.5 Å². The molecule has 0 saturated heterocycles. The number of halogens is 1. The first-order chi connectivity index (χ1) is 9.83. The number of H-pyrrole nitrogens is 1. The third-order valence-electron chi connectivity index (χ3n) is 3.76. The minimum Gasteiger partial charge on any atom is -0.346 e. The molecule has 4 rings (SSSR count). The predicted molar refractivity (Wildman–Crippen MR) is 72.9 cm³/mol. The van der Waals surface area contributed by atoms with E-state index in [-0.39, 0.29) is 0 Å². The summed E-state index contributed by atoms with van der Waals surface area (Å²) in [5, 5.41) is 1.05. The van der Waals surface area contributed by atoms with Crippen molar-refractivity contribution in [3.8, 4) is 0 Å². The monoisotopic (exact) mass is 268 g/mol. The van der Waals surface area contributed by atoms with Crippen LogP contribution in [0, 0.1) is 5.95 Å². The molecule has 100 valence electrons. The molecule has 4 nitrogen and oxygen atoms in total. The van der Waals surface area contributed by atoms with Crippen LogP contribution in [0.4, 0.5) is 4.39 Å². The van der Waals surface area contributed by atoms with Crippen molar-refractivity contribution in [1.82, 2.24) is 19.9 Å². The van der Waals surface area contributed by atoms with Gasteiger partial charge in [0.15, 0.2) is 0 Å². The van der Waals surface area contributed by atoms with Crippen LogP contribution in [-0.2, 0) is 6.42 Å². The molecule has 0 aromatic carbocycles. The zero-order chi connectivity index (χ0) is 13.5. The fourth-order valence-corrected chi connectivity index (χ4v) is 2.61. The molecular weight excluding hydrogens is 255 g/mol. The Labute approximate surface area is 115 Å². The van der Waals surface area contributed by atoms with Crippen LogP contribution in [0.2, 0.25) is 0 Å². The molecule has 1 aliphatic carbocycles. The lowest BCUT2D eigenvalue weighted by atomic mass is 10.0. The second-order valence-corrected chi connectivity index (χ2v) is 5.20. The Morgan fingerprint density at radius 3 is 2.90 bits per heavy atom. The van der Waals surface area contributed by atoms with Crippen LogP contribution in [0.5, 0.6) is 0 Å². The Kier molecular flexibility index (Phi) is 2.52. The van der Waals surface area contributed by atoms with Gasteiger partial charge in [-0.1, -0.05) is 6.07 Å². The average molecular weight is 268 g/mol. The van der Waals surface area contributed by atoms with E-state index in [1.807, 2.05) is 6.20 Å². The normalized spacial score (nSPS) is 14.8. The molecule has 3 aromatic rings. The van der Waals surface area contributed by atoms with Gasteiger partial charge in [-0.2, -0.15) is 4.39 Å². The molecular formula is C15H13FN4. The van der Waals surface area contributed by atoms with Gasteiger partial charge < -0.3 is 4.98 Å². The summed E-state index contributed by atoms with van der Waals surface area (Å²) in [6, 6.07) is 3.52. The lowest BCUT2D eigenvalue weighted by molar-refractivity contribution is 0.570. The van der Waals surface area contributed by atoms with Crippen LogP contribution in [0.3, 0.4) is 0 Å². The molecule has 3 aromatic heterocycles. The second-order valence-electron chi connectivity index (χ2n) is 5.20. The van der Waals surface area contributed by atoms with Crippen LogP contribution in [0.25, 0.3) is 11.0 Å². The quantitative estimate of drug-likeness (QED) is 0.743. The van der Waals surface area contributed by atoms with Crippen molar-refractivity contribution in [1.29, 1.82) is 0 Å². The summed E-state index contributed by atoms with van der Waals surface area (Å²) in [6.45, 7) is 0. The second kappa shape index (κ2) is 4.37. The van der Waals surface area contributed by atoms with Crippen LogP contribution < -0.4 is 0 Å². The summed E-state index contributed by atoms with van der Waals surface area (Å²) in [4.78, 5) is 15.5. The molecule has 0 aliphatic heterocycles. The number of nitrogens with zero attached hydrogens (tertiary/aromatic N) is 3. The van der Waals surface area contributed by atoms with Gasteiger partial charge in [-0.15, -0.1) is 0 Å². The van der Waals surface area contributed by atoms with Crippen molar-refractivity contribution in [3.63, 3.8) is 0 Å². The highest BCUT2D eigenvalue weighted by molar-refractivity contribution is 5.83. The maximum absolute atomic E-state index is 13.7. The largest absolute Gasteiger partial charge is 0.346 e. The van der Waals surface area contributed by atoms with E-state index >= 15 is 0 Å². The summed E-state index contributed by atoms with van der Waals surface area (Å²) < 4.78 is 13.7. The highest BCUT2D eigenvalue weighted by atomic mass is 19.1. The Balaban J connectivity index is 1.82. The number of hydrogen-bond acceptors (Lipinski definition) is 3. The van der Waals surface area contributed by atoms with Crippen molar-refractivity contribution < 1.29 is 4.39 Å². The number of rotatable bonds is 3. The van der Waals surface area contributed by atoms with E-state index in [2.05, 4.69) is 19.9 Å². The fourth-order valence-electron chi connectivity index (χ4n) is 2.61. The van der Waals surface area contributed by atoms with Crippen molar-refractivity contribution >= 4 is 11.0 Å². The number of aromatic amines is 1. The minimum atomic E-state index is -0.410. The maximum Gasteiger partial charge on any atom is 0.216 e. The topological polar surface area (TPSA) is 54.5 Å². The van der Waals surface area contributed by atoms with Crippen LogP contribution in [-0.4, -0.2) is 19.9 Å². The van der Waals surface area contributed by atoms with Gasteiger partial charge in [-0.3, -0.25) is 0 Å². The number of nitrogens with one attached hydrogen (secondary N) is 1. The van der Waals surface area contributed by atoms with E-state index in [0.717, 1.165) is 22.3 Å². The fraction of sp³-hybridized carbons (Fsp3) is 0.267.